The molecular weight excluding hydrogens is 447 g/mol. The van der Waals surface area contributed by atoms with E-state index in [1.54, 1.807) is 0 Å². The third-order valence-electron chi connectivity index (χ3n) is 5.74. The SMILES string of the molecule is ON=C1CCN(Cc2cccc(Cl)c2)CC1.ON=C1CCN(Cc2cccc(Cl)c2)CC1. The highest BCUT2D eigenvalue weighted by Gasteiger charge is 2.16. The Labute approximate surface area is 199 Å². The van der Waals surface area contributed by atoms with E-state index in [1.165, 1.54) is 11.1 Å². The average Bonchev–Trinajstić information content (AvgIpc) is 2.81. The number of benzene rings is 2. The van der Waals surface area contributed by atoms with Crippen molar-refractivity contribution in [1.82, 2.24) is 9.80 Å². The first-order chi connectivity index (χ1) is 15.6. The molecule has 2 aromatic carbocycles. The van der Waals surface area contributed by atoms with Gasteiger partial charge in [-0.1, -0.05) is 57.8 Å². The second kappa shape index (κ2) is 12.8. The van der Waals surface area contributed by atoms with E-state index in [4.69, 9.17) is 33.6 Å². The van der Waals surface area contributed by atoms with E-state index < -0.39 is 0 Å². The summed E-state index contributed by atoms with van der Waals surface area (Å²) in [6, 6.07) is 15.9. The number of rotatable bonds is 4. The number of nitrogens with zero attached hydrogens (tertiary/aromatic N) is 4. The van der Waals surface area contributed by atoms with Gasteiger partial charge in [-0.2, -0.15) is 0 Å². The van der Waals surface area contributed by atoms with Crippen molar-refractivity contribution in [2.45, 2.75) is 38.8 Å². The smallest absolute Gasteiger partial charge is 0.0596 e. The summed E-state index contributed by atoms with van der Waals surface area (Å²) in [6.45, 7) is 5.63. The fraction of sp³-hybridized carbons (Fsp3) is 0.417. The molecule has 32 heavy (non-hydrogen) atoms. The van der Waals surface area contributed by atoms with Crippen molar-refractivity contribution in [3.05, 3.63) is 69.7 Å². The molecule has 2 heterocycles. The Hall–Kier alpha value is -2.12. The van der Waals surface area contributed by atoms with Crippen LogP contribution in [0, 0.1) is 0 Å². The summed E-state index contributed by atoms with van der Waals surface area (Å²) in [7, 11) is 0. The fourth-order valence-corrected chi connectivity index (χ4v) is 4.35. The van der Waals surface area contributed by atoms with Crippen molar-refractivity contribution < 1.29 is 10.4 Å². The first-order valence-corrected chi connectivity index (χ1v) is 11.6. The predicted octanol–water partition coefficient (Wildman–Crippen LogP) is 5.53. The van der Waals surface area contributed by atoms with Crippen molar-refractivity contribution in [1.29, 1.82) is 0 Å². The maximum absolute atomic E-state index is 8.66. The summed E-state index contributed by atoms with van der Waals surface area (Å²) in [4.78, 5) is 4.70. The molecule has 2 N–H and O–H groups in total. The van der Waals surface area contributed by atoms with E-state index in [0.29, 0.717) is 0 Å². The van der Waals surface area contributed by atoms with Crippen molar-refractivity contribution in [3.63, 3.8) is 0 Å². The largest absolute Gasteiger partial charge is 0.411 e. The first-order valence-electron chi connectivity index (χ1n) is 10.9. The highest BCUT2D eigenvalue weighted by molar-refractivity contribution is 6.30. The van der Waals surface area contributed by atoms with Crippen LogP contribution in [0.4, 0.5) is 0 Å². The van der Waals surface area contributed by atoms with E-state index in [0.717, 1.165) is 86.4 Å². The van der Waals surface area contributed by atoms with Crippen LogP contribution < -0.4 is 0 Å². The molecule has 2 aliphatic heterocycles. The standard InChI is InChI=1S/2C12H15ClN2O/c2*13-11-3-1-2-10(8-11)9-15-6-4-12(14-16)5-7-15/h2*1-3,8,16H,4-7,9H2. The highest BCUT2D eigenvalue weighted by Crippen LogP contribution is 2.16. The van der Waals surface area contributed by atoms with Gasteiger partial charge in [0.15, 0.2) is 0 Å². The first kappa shape index (κ1) is 24.5. The summed E-state index contributed by atoms with van der Waals surface area (Å²) >= 11 is 11.9. The number of oxime groups is 2. The lowest BCUT2D eigenvalue weighted by Gasteiger charge is -2.26. The van der Waals surface area contributed by atoms with Gasteiger partial charge in [-0.15, -0.1) is 0 Å². The van der Waals surface area contributed by atoms with Crippen LogP contribution in [0.15, 0.2) is 58.8 Å². The Morgan fingerprint density at radius 3 is 1.34 bits per heavy atom. The van der Waals surface area contributed by atoms with Gasteiger partial charge in [-0.25, -0.2) is 0 Å². The van der Waals surface area contributed by atoms with Crippen LogP contribution in [0.2, 0.25) is 10.0 Å². The van der Waals surface area contributed by atoms with Crippen molar-refractivity contribution in [3.8, 4) is 0 Å². The Balaban J connectivity index is 0.000000181. The fourth-order valence-electron chi connectivity index (χ4n) is 3.93. The summed E-state index contributed by atoms with van der Waals surface area (Å²) in [6.07, 6.45) is 3.43. The maximum Gasteiger partial charge on any atom is 0.0596 e. The van der Waals surface area contributed by atoms with E-state index in [-0.39, 0.29) is 0 Å². The van der Waals surface area contributed by atoms with E-state index in [2.05, 4.69) is 32.2 Å². The predicted molar refractivity (Wildman–Crippen MR) is 130 cm³/mol. The molecule has 2 aromatic rings. The molecule has 0 radical (unpaired) electrons. The molecule has 0 atom stereocenters. The highest BCUT2D eigenvalue weighted by atomic mass is 35.5. The van der Waals surface area contributed by atoms with Crippen LogP contribution in [-0.4, -0.2) is 57.8 Å². The minimum absolute atomic E-state index is 0.784. The molecule has 2 aliphatic rings. The third-order valence-corrected chi connectivity index (χ3v) is 6.21. The summed E-state index contributed by atoms with van der Waals surface area (Å²) in [5.41, 5.74) is 4.28. The number of likely N-dealkylation sites (tertiary alicyclic amines) is 2. The second-order valence-corrected chi connectivity index (χ2v) is 9.02. The van der Waals surface area contributed by atoms with Crippen LogP contribution in [0.1, 0.15) is 36.8 Å². The lowest BCUT2D eigenvalue weighted by Crippen LogP contribution is -2.33. The molecule has 0 spiro atoms. The maximum atomic E-state index is 8.66. The van der Waals surface area contributed by atoms with Crippen LogP contribution in [-0.2, 0) is 13.1 Å². The molecule has 0 aliphatic carbocycles. The summed E-state index contributed by atoms with van der Waals surface area (Å²) in [5.74, 6) is 0. The zero-order chi connectivity index (χ0) is 22.8. The number of hydrogen-bond donors (Lipinski definition) is 2. The monoisotopic (exact) mass is 476 g/mol. The Morgan fingerprint density at radius 1 is 0.656 bits per heavy atom. The van der Waals surface area contributed by atoms with Gasteiger partial charge in [0, 0.05) is 75.0 Å². The third kappa shape index (κ3) is 8.10. The molecule has 4 rings (SSSR count). The summed E-state index contributed by atoms with van der Waals surface area (Å²) in [5, 5.41) is 25.4. The molecule has 172 valence electrons. The molecular formula is C24H30Cl2N4O2. The Kier molecular flexibility index (Phi) is 9.81. The minimum Gasteiger partial charge on any atom is -0.411 e. The molecule has 0 unspecified atom stereocenters. The quantitative estimate of drug-likeness (QED) is 0.449. The molecule has 6 nitrogen and oxygen atoms in total. The topological polar surface area (TPSA) is 71.7 Å². The lowest BCUT2D eigenvalue weighted by molar-refractivity contribution is 0.256. The van der Waals surface area contributed by atoms with Gasteiger partial charge >= 0.3 is 0 Å². The van der Waals surface area contributed by atoms with Gasteiger partial charge < -0.3 is 10.4 Å². The van der Waals surface area contributed by atoms with Crippen molar-refractivity contribution in [2.75, 3.05) is 26.2 Å². The van der Waals surface area contributed by atoms with Gasteiger partial charge in [-0.05, 0) is 35.4 Å². The normalized spacial score (nSPS) is 17.4. The molecule has 0 bridgehead atoms. The van der Waals surface area contributed by atoms with Gasteiger partial charge in [0.1, 0.15) is 0 Å². The minimum atomic E-state index is 0.784. The number of halogens is 2. The summed E-state index contributed by atoms with van der Waals surface area (Å²) < 4.78 is 0. The zero-order valence-electron chi connectivity index (χ0n) is 18.1. The lowest BCUT2D eigenvalue weighted by atomic mass is 10.1. The average molecular weight is 477 g/mol. The molecule has 8 heteroatoms. The van der Waals surface area contributed by atoms with Gasteiger partial charge in [0.05, 0.1) is 11.4 Å². The second-order valence-electron chi connectivity index (χ2n) is 8.14. The van der Waals surface area contributed by atoms with Gasteiger partial charge in [0.2, 0.25) is 0 Å². The molecule has 2 saturated heterocycles. The number of piperidine rings is 2. The van der Waals surface area contributed by atoms with E-state index in [9.17, 15) is 0 Å². The van der Waals surface area contributed by atoms with Crippen LogP contribution in [0.3, 0.4) is 0 Å². The van der Waals surface area contributed by atoms with Crippen molar-refractivity contribution >= 4 is 34.6 Å². The van der Waals surface area contributed by atoms with E-state index >= 15 is 0 Å². The van der Waals surface area contributed by atoms with Crippen LogP contribution in [0.5, 0.6) is 0 Å². The molecule has 0 aromatic heterocycles. The molecule has 2 fully saturated rings. The Bertz CT molecular complexity index is 840. The van der Waals surface area contributed by atoms with Crippen LogP contribution in [0.25, 0.3) is 0 Å². The van der Waals surface area contributed by atoms with E-state index in [1.807, 2.05) is 36.4 Å². The zero-order valence-corrected chi connectivity index (χ0v) is 19.6. The number of hydrogen-bond acceptors (Lipinski definition) is 6. The molecule has 0 saturated carbocycles. The molecule has 0 amide bonds. The Morgan fingerprint density at radius 2 is 1.03 bits per heavy atom. The van der Waals surface area contributed by atoms with Gasteiger partial charge in [-0.3, -0.25) is 9.80 Å². The van der Waals surface area contributed by atoms with Crippen molar-refractivity contribution in [2.24, 2.45) is 10.3 Å². The van der Waals surface area contributed by atoms with Crippen LogP contribution >= 0.6 is 23.2 Å². The van der Waals surface area contributed by atoms with Gasteiger partial charge in [0.25, 0.3) is 0 Å².